The smallest absolute Gasteiger partial charge is 0.243 e. The first-order valence-corrected chi connectivity index (χ1v) is 16.6. The van der Waals surface area contributed by atoms with Crippen LogP contribution < -0.4 is 10.6 Å². The molecular weight excluding hydrogens is 562 g/mol. The first-order valence-electron chi connectivity index (χ1n) is 15.2. The molecule has 3 aromatic carbocycles. The second-order valence-electron chi connectivity index (χ2n) is 10.9. The van der Waals surface area contributed by atoms with Crippen LogP contribution in [0.1, 0.15) is 68.6 Å². The average molecular weight is 610 g/mol. The summed E-state index contributed by atoms with van der Waals surface area (Å²) in [6, 6.07) is 25.0. The van der Waals surface area contributed by atoms with Gasteiger partial charge in [-0.15, -0.1) is 0 Å². The number of nitrogens with zero attached hydrogens (tertiary/aromatic N) is 1. The molecule has 0 bridgehead atoms. The highest BCUT2D eigenvalue weighted by Gasteiger charge is 2.32. The molecule has 234 valence electrons. The van der Waals surface area contributed by atoms with Crippen LogP contribution in [0.15, 0.2) is 89.8 Å². The number of carbonyl (C=O) groups excluding carboxylic acids is 1. The Labute approximate surface area is 257 Å². The van der Waals surface area contributed by atoms with Crippen molar-refractivity contribution >= 4 is 15.9 Å². The molecular formula is C34H47N3O5S. The van der Waals surface area contributed by atoms with Crippen LogP contribution in [0, 0.1) is 0 Å². The summed E-state index contributed by atoms with van der Waals surface area (Å²) in [7, 11) is -2.04. The van der Waals surface area contributed by atoms with Crippen molar-refractivity contribution in [3.8, 4) is 0 Å². The highest BCUT2D eigenvalue weighted by Crippen LogP contribution is 2.29. The van der Waals surface area contributed by atoms with Gasteiger partial charge in [-0.05, 0) is 68.0 Å². The van der Waals surface area contributed by atoms with E-state index in [2.05, 4.69) is 10.6 Å². The van der Waals surface area contributed by atoms with Crippen LogP contribution in [-0.4, -0.2) is 67.2 Å². The van der Waals surface area contributed by atoms with Crippen LogP contribution in [0.2, 0.25) is 0 Å². The van der Waals surface area contributed by atoms with Crippen molar-refractivity contribution in [2.75, 3.05) is 20.2 Å². The SMILES string of the molecule is CCCN([C@H](CO)CCC[C@H](CC)NC(=O)[C@@H](NC)C(c1ccccc1)c1ccccc1)S(=O)(=O)c1ccc(CO)cc1. The Balaban J connectivity index is 1.70. The van der Waals surface area contributed by atoms with E-state index in [0.29, 0.717) is 31.2 Å². The maximum absolute atomic E-state index is 13.7. The molecule has 9 heteroatoms. The van der Waals surface area contributed by atoms with E-state index in [1.165, 1.54) is 16.4 Å². The Morgan fingerprint density at radius 2 is 1.44 bits per heavy atom. The number of hydrogen-bond donors (Lipinski definition) is 4. The van der Waals surface area contributed by atoms with E-state index >= 15 is 0 Å². The van der Waals surface area contributed by atoms with E-state index in [4.69, 9.17) is 0 Å². The summed E-state index contributed by atoms with van der Waals surface area (Å²) in [4.78, 5) is 13.8. The van der Waals surface area contributed by atoms with Crippen LogP contribution in [-0.2, 0) is 21.4 Å². The summed E-state index contributed by atoms with van der Waals surface area (Å²) in [5.41, 5.74) is 2.72. The molecule has 1 amide bonds. The van der Waals surface area contributed by atoms with Crippen LogP contribution in [0.25, 0.3) is 0 Å². The second-order valence-corrected chi connectivity index (χ2v) is 12.8. The van der Waals surface area contributed by atoms with Gasteiger partial charge in [0.15, 0.2) is 0 Å². The second kappa shape index (κ2) is 17.3. The molecule has 3 aromatic rings. The summed E-state index contributed by atoms with van der Waals surface area (Å²) in [5.74, 6) is -0.268. The standard InChI is InChI=1S/C34H47N3O5S/c1-4-23-37(43(41,42)31-21-19-26(24-38)20-22-31)30(25-39)18-12-17-29(5-2)36-34(40)33(35-3)32(27-13-8-6-9-14-27)28-15-10-7-11-16-28/h6-11,13-16,19-22,29-30,32-33,35,38-39H,4-5,12,17-18,23-25H2,1-3H3,(H,36,40)/t29-,30-,33-/m0/s1. The summed E-state index contributed by atoms with van der Waals surface area (Å²) in [6.45, 7) is 3.76. The van der Waals surface area contributed by atoms with Gasteiger partial charge in [0.05, 0.1) is 24.2 Å². The molecule has 8 nitrogen and oxygen atoms in total. The van der Waals surface area contributed by atoms with E-state index in [-0.39, 0.29) is 42.5 Å². The van der Waals surface area contributed by atoms with Crippen molar-refractivity contribution in [2.24, 2.45) is 0 Å². The van der Waals surface area contributed by atoms with E-state index < -0.39 is 22.1 Å². The topological polar surface area (TPSA) is 119 Å². The summed E-state index contributed by atoms with van der Waals surface area (Å²) in [6.07, 6.45) is 3.08. The largest absolute Gasteiger partial charge is 0.395 e. The molecule has 4 N–H and O–H groups in total. The lowest BCUT2D eigenvalue weighted by Crippen LogP contribution is -2.49. The fourth-order valence-electron chi connectivity index (χ4n) is 5.56. The Hall–Kier alpha value is -3.08. The van der Waals surface area contributed by atoms with E-state index in [1.54, 1.807) is 19.2 Å². The quantitative estimate of drug-likeness (QED) is 0.170. The van der Waals surface area contributed by atoms with Gasteiger partial charge < -0.3 is 20.8 Å². The number of amides is 1. The number of likely N-dealkylation sites (N-methyl/N-ethyl adjacent to an activating group) is 1. The third-order valence-electron chi connectivity index (χ3n) is 7.95. The van der Waals surface area contributed by atoms with E-state index in [1.807, 2.05) is 74.5 Å². The first-order chi connectivity index (χ1) is 20.8. The fourth-order valence-corrected chi connectivity index (χ4v) is 7.30. The van der Waals surface area contributed by atoms with Crippen molar-refractivity contribution in [2.45, 2.75) is 81.5 Å². The number of carbonyl (C=O) groups is 1. The fraction of sp³-hybridized carbons (Fsp3) is 0.441. The van der Waals surface area contributed by atoms with Crippen molar-refractivity contribution in [1.29, 1.82) is 0 Å². The monoisotopic (exact) mass is 609 g/mol. The molecule has 0 saturated carbocycles. The minimum atomic E-state index is -3.84. The zero-order valence-corrected chi connectivity index (χ0v) is 26.3. The summed E-state index contributed by atoms with van der Waals surface area (Å²) < 4.78 is 28.4. The van der Waals surface area contributed by atoms with Gasteiger partial charge in [0.25, 0.3) is 0 Å². The van der Waals surface area contributed by atoms with Crippen molar-refractivity contribution < 1.29 is 23.4 Å². The Bertz CT molecular complexity index is 1300. The maximum Gasteiger partial charge on any atom is 0.243 e. The molecule has 3 rings (SSSR count). The van der Waals surface area contributed by atoms with Crippen LogP contribution in [0.5, 0.6) is 0 Å². The molecule has 43 heavy (non-hydrogen) atoms. The maximum atomic E-state index is 13.7. The Morgan fingerprint density at radius 3 is 1.91 bits per heavy atom. The molecule has 0 radical (unpaired) electrons. The number of sulfonamides is 1. The molecule has 0 aliphatic rings. The number of nitrogens with one attached hydrogen (secondary N) is 2. The molecule has 3 atom stereocenters. The van der Waals surface area contributed by atoms with E-state index in [0.717, 1.165) is 17.5 Å². The number of rotatable bonds is 18. The molecule has 0 unspecified atom stereocenters. The zero-order chi connectivity index (χ0) is 31.2. The van der Waals surface area contributed by atoms with Crippen LogP contribution in [0.4, 0.5) is 0 Å². The van der Waals surface area contributed by atoms with Gasteiger partial charge >= 0.3 is 0 Å². The highest BCUT2D eigenvalue weighted by atomic mass is 32.2. The van der Waals surface area contributed by atoms with E-state index in [9.17, 15) is 23.4 Å². The molecule has 0 fully saturated rings. The van der Waals surface area contributed by atoms with Gasteiger partial charge in [-0.2, -0.15) is 4.31 Å². The van der Waals surface area contributed by atoms with Crippen molar-refractivity contribution in [3.05, 3.63) is 102 Å². The number of aliphatic hydroxyl groups excluding tert-OH is 2. The van der Waals surface area contributed by atoms with Gasteiger partial charge in [-0.25, -0.2) is 8.42 Å². The van der Waals surface area contributed by atoms with Gasteiger partial charge in [-0.1, -0.05) is 86.6 Å². The third kappa shape index (κ3) is 9.20. The summed E-state index contributed by atoms with van der Waals surface area (Å²) >= 11 is 0. The van der Waals surface area contributed by atoms with Gasteiger partial charge in [0, 0.05) is 24.5 Å². The molecule has 0 aliphatic carbocycles. The van der Waals surface area contributed by atoms with Crippen molar-refractivity contribution in [3.63, 3.8) is 0 Å². The highest BCUT2D eigenvalue weighted by molar-refractivity contribution is 7.89. The lowest BCUT2D eigenvalue weighted by atomic mass is 9.84. The van der Waals surface area contributed by atoms with Crippen LogP contribution >= 0.6 is 0 Å². The zero-order valence-electron chi connectivity index (χ0n) is 25.5. The van der Waals surface area contributed by atoms with Crippen LogP contribution in [0.3, 0.4) is 0 Å². The Kier molecular flexibility index (Phi) is 13.8. The predicted octanol–water partition coefficient (Wildman–Crippen LogP) is 4.43. The van der Waals surface area contributed by atoms with Gasteiger partial charge in [-0.3, -0.25) is 4.79 Å². The minimum Gasteiger partial charge on any atom is -0.395 e. The molecule has 0 saturated heterocycles. The minimum absolute atomic E-state index is 0.0905. The molecule has 0 aliphatic heterocycles. The lowest BCUT2D eigenvalue weighted by molar-refractivity contribution is -0.124. The Morgan fingerprint density at radius 1 is 0.860 bits per heavy atom. The number of benzene rings is 3. The molecule has 0 aromatic heterocycles. The van der Waals surface area contributed by atoms with Gasteiger partial charge in [0.1, 0.15) is 0 Å². The predicted molar refractivity (Wildman–Crippen MR) is 171 cm³/mol. The number of hydrogen-bond acceptors (Lipinski definition) is 6. The number of aliphatic hydroxyl groups is 2. The normalized spacial score (nSPS) is 14.0. The lowest BCUT2D eigenvalue weighted by Gasteiger charge is -2.31. The van der Waals surface area contributed by atoms with Crippen molar-refractivity contribution in [1.82, 2.24) is 14.9 Å². The molecule has 0 spiro atoms. The third-order valence-corrected chi connectivity index (χ3v) is 9.91. The van der Waals surface area contributed by atoms with Gasteiger partial charge in [0.2, 0.25) is 15.9 Å². The first kappa shape index (κ1) is 34.4. The molecule has 0 heterocycles. The summed E-state index contributed by atoms with van der Waals surface area (Å²) in [5, 5.41) is 26.1. The average Bonchev–Trinajstić information content (AvgIpc) is 3.04.